The summed E-state index contributed by atoms with van der Waals surface area (Å²) in [6, 6.07) is 4.20. The third-order valence-corrected chi connectivity index (χ3v) is 2.99. The number of alkyl halides is 3. The van der Waals surface area contributed by atoms with Crippen LogP contribution in [0.2, 0.25) is 0 Å². The minimum atomic E-state index is -4.44. The van der Waals surface area contributed by atoms with E-state index in [1.807, 2.05) is 16.8 Å². The molecule has 0 bridgehead atoms. The summed E-state index contributed by atoms with van der Waals surface area (Å²) in [6.45, 7) is 0.608. The van der Waals surface area contributed by atoms with Crippen LogP contribution in [0.5, 0.6) is 0 Å². The van der Waals surface area contributed by atoms with Crippen molar-refractivity contribution in [1.29, 1.82) is 0 Å². The van der Waals surface area contributed by atoms with Crippen molar-refractivity contribution >= 4 is 17.2 Å². The summed E-state index contributed by atoms with van der Waals surface area (Å²) in [4.78, 5) is 0. The molecule has 1 N–H and O–H groups in total. The van der Waals surface area contributed by atoms with E-state index in [0.29, 0.717) is 12.4 Å². The minimum absolute atomic E-state index is 0.346. The van der Waals surface area contributed by atoms with Crippen LogP contribution in [0.4, 0.5) is 19.0 Å². The van der Waals surface area contributed by atoms with Gasteiger partial charge in [-0.05, 0) is 40.9 Å². The average molecular weight is 273 g/mol. The van der Waals surface area contributed by atoms with Crippen LogP contribution in [0.15, 0.2) is 29.0 Å². The van der Waals surface area contributed by atoms with Gasteiger partial charge in [0, 0.05) is 6.54 Å². The Hall–Kier alpha value is -1.63. The van der Waals surface area contributed by atoms with Gasteiger partial charge < -0.3 is 5.32 Å². The number of hydrogen-bond donors (Lipinski definition) is 1. The van der Waals surface area contributed by atoms with E-state index in [2.05, 4.69) is 15.5 Å². The monoisotopic (exact) mass is 273 g/mol. The fourth-order valence-corrected chi connectivity index (χ4v) is 2.05. The number of hydrogen-bond acceptors (Lipinski definition) is 4. The van der Waals surface area contributed by atoms with Gasteiger partial charge in [0.2, 0.25) is 0 Å². The molecule has 18 heavy (non-hydrogen) atoms. The molecule has 0 unspecified atom stereocenters. The second-order valence-electron chi connectivity index (χ2n) is 3.61. The van der Waals surface area contributed by atoms with Crippen molar-refractivity contribution in [2.45, 2.75) is 12.6 Å². The van der Waals surface area contributed by atoms with Crippen LogP contribution >= 0.6 is 11.3 Å². The number of thiophene rings is 1. The molecule has 0 aliphatic heterocycles. The first-order valence-electron chi connectivity index (χ1n) is 5.21. The molecular formula is C11H10F3N3S. The van der Waals surface area contributed by atoms with Crippen molar-refractivity contribution in [1.82, 2.24) is 10.2 Å². The van der Waals surface area contributed by atoms with Gasteiger partial charge in [-0.25, -0.2) is 0 Å². The van der Waals surface area contributed by atoms with Crippen molar-refractivity contribution in [2.24, 2.45) is 0 Å². The van der Waals surface area contributed by atoms with Gasteiger partial charge in [-0.3, -0.25) is 0 Å². The number of nitrogens with one attached hydrogen (secondary N) is 1. The van der Waals surface area contributed by atoms with E-state index >= 15 is 0 Å². The fourth-order valence-electron chi connectivity index (χ4n) is 1.35. The van der Waals surface area contributed by atoms with Gasteiger partial charge in [-0.15, -0.1) is 10.2 Å². The molecular weight excluding hydrogens is 263 g/mol. The summed E-state index contributed by atoms with van der Waals surface area (Å²) in [5.74, 6) is 0.346. The Labute approximate surface area is 106 Å². The van der Waals surface area contributed by atoms with Crippen LogP contribution in [-0.4, -0.2) is 16.7 Å². The molecule has 96 valence electrons. The Morgan fingerprint density at radius 1 is 1.17 bits per heavy atom. The van der Waals surface area contributed by atoms with E-state index in [9.17, 15) is 13.2 Å². The number of nitrogens with zero attached hydrogens (tertiary/aromatic N) is 2. The Balaban J connectivity index is 1.87. The van der Waals surface area contributed by atoms with E-state index in [0.717, 1.165) is 12.5 Å². The Kier molecular flexibility index (Phi) is 3.81. The normalized spacial score (nSPS) is 11.5. The molecule has 7 heteroatoms. The predicted octanol–water partition coefficient (Wildman–Crippen LogP) is 3.21. The second-order valence-corrected chi connectivity index (χ2v) is 4.39. The minimum Gasteiger partial charge on any atom is -0.368 e. The topological polar surface area (TPSA) is 37.8 Å². The number of rotatable bonds is 4. The lowest BCUT2D eigenvalue weighted by atomic mass is 10.2. The zero-order valence-electron chi connectivity index (χ0n) is 9.24. The summed E-state index contributed by atoms with van der Waals surface area (Å²) >= 11 is 1.61. The van der Waals surface area contributed by atoms with Gasteiger partial charge in [0.15, 0.2) is 5.69 Å². The molecule has 0 amide bonds. The number of halogens is 3. The van der Waals surface area contributed by atoms with Gasteiger partial charge in [0.05, 0.1) is 0 Å². The van der Waals surface area contributed by atoms with Crippen LogP contribution in [-0.2, 0) is 12.6 Å². The fraction of sp³-hybridized carbons (Fsp3) is 0.273. The van der Waals surface area contributed by atoms with Crippen LogP contribution in [0, 0.1) is 0 Å². The summed E-state index contributed by atoms with van der Waals surface area (Å²) in [5.41, 5.74) is 0.207. The predicted molar refractivity (Wildman–Crippen MR) is 63.5 cm³/mol. The first-order valence-corrected chi connectivity index (χ1v) is 6.16. The molecule has 0 radical (unpaired) electrons. The largest absolute Gasteiger partial charge is 0.435 e. The summed E-state index contributed by atoms with van der Waals surface area (Å²) in [5, 5.41) is 13.5. The van der Waals surface area contributed by atoms with Crippen LogP contribution in [0.3, 0.4) is 0 Å². The van der Waals surface area contributed by atoms with Gasteiger partial charge in [-0.2, -0.15) is 24.5 Å². The van der Waals surface area contributed by atoms with E-state index in [1.165, 1.54) is 11.6 Å². The van der Waals surface area contributed by atoms with Crippen molar-refractivity contribution in [3.05, 3.63) is 40.2 Å². The molecule has 0 saturated carbocycles. The van der Waals surface area contributed by atoms with E-state index in [-0.39, 0.29) is 0 Å². The maximum absolute atomic E-state index is 12.2. The van der Waals surface area contributed by atoms with Crippen LogP contribution in [0.1, 0.15) is 11.3 Å². The van der Waals surface area contributed by atoms with Crippen LogP contribution < -0.4 is 5.32 Å². The van der Waals surface area contributed by atoms with Gasteiger partial charge in [-0.1, -0.05) is 0 Å². The maximum atomic E-state index is 12.2. The quantitative estimate of drug-likeness (QED) is 0.929. The molecule has 2 heterocycles. The summed E-state index contributed by atoms with van der Waals surface area (Å²) in [6.07, 6.45) is -3.64. The first kappa shape index (κ1) is 12.8. The van der Waals surface area contributed by atoms with E-state index in [1.54, 1.807) is 11.3 Å². The summed E-state index contributed by atoms with van der Waals surface area (Å²) < 4.78 is 36.7. The van der Waals surface area contributed by atoms with Gasteiger partial charge in [0.25, 0.3) is 0 Å². The van der Waals surface area contributed by atoms with Crippen molar-refractivity contribution in [2.75, 3.05) is 11.9 Å². The standard InChI is InChI=1S/C11H10F3N3S/c12-11(13,14)9-1-2-10(17-16-9)15-5-3-8-4-6-18-7-8/h1-2,4,6-7H,3,5H2,(H,15,17). The molecule has 0 aliphatic carbocycles. The highest BCUT2D eigenvalue weighted by atomic mass is 32.1. The smallest absolute Gasteiger partial charge is 0.368 e. The lowest BCUT2D eigenvalue weighted by Gasteiger charge is -2.06. The van der Waals surface area contributed by atoms with Crippen molar-refractivity contribution < 1.29 is 13.2 Å². The zero-order chi connectivity index (χ0) is 13.0. The van der Waals surface area contributed by atoms with Crippen molar-refractivity contribution in [3.8, 4) is 0 Å². The molecule has 0 atom stereocenters. The Bertz CT molecular complexity index is 479. The molecule has 0 spiro atoms. The molecule has 2 aromatic rings. The van der Waals surface area contributed by atoms with Crippen molar-refractivity contribution in [3.63, 3.8) is 0 Å². The average Bonchev–Trinajstić information content (AvgIpc) is 2.82. The maximum Gasteiger partial charge on any atom is 0.435 e. The molecule has 0 fully saturated rings. The Morgan fingerprint density at radius 3 is 2.56 bits per heavy atom. The van der Waals surface area contributed by atoms with Crippen LogP contribution in [0.25, 0.3) is 0 Å². The second kappa shape index (κ2) is 5.34. The van der Waals surface area contributed by atoms with Gasteiger partial charge in [0.1, 0.15) is 5.82 Å². The van der Waals surface area contributed by atoms with Gasteiger partial charge >= 0.3 is 6.18 Å². The molecule has 0 saturated heterocycles. The zero-order valence-corrected chi connectivity index (χ0v) is 10.1. The third-order valence-electron chi connectivity index (χ3n) is 2.25. The number of aromatic nitrogens is 2. The highest BCUT2D eigenvalue weighted by molar-refractivity contribution is 7.07. The molecule has 2 aromatic heterocycles. The first-order chi connectivity index (χ1) is 8.55. The lowest BCUT2D eigenvalue weighted by molar-refractivity contribution is -0.141. The molecule has 3 nitrogen and oxygen atoms in total. The number of anilines is 1. The highest BCUT2D eigenvalue weighted by Gasteiger charge is 2.32. The third kappa shape index (κ3) is 3.43. The Morgan fingerprint density at radius 2 is 2.00 bits per heavy atom. The highest BCUT2D eigenvalue weighted by Crippen LogP contribution is 2.26. The lowest BCUT2D eigenvalue weighted by Crippen LogP contribution is -2.11. The molecule has 0 aromatic carbocycles. The molecule has 0 aliphatic rings. The SMILES string of the molecule is FC(F)(F)c1ccc(NCCc2ccsc2)nn1. The molecule has 2 rings (SSSR count). The van der Waals surface area contributed by atoms with E-state index < -0.39 is 11.9 Å². The van der Waals surface area contributed by atoms with E-state index in [4.69, 9.17) is 0 Å². The summed E-state index contributed by atoms with van der Waals surface area (Å²) in [7, 11) is 0.